The van der Waals surface area contributed by atoms with Crippen LogP contribution >= 0.6 is 15.9 Å². The first-order chi connectivity index (χ1) is 12.1. The molecule has 0 radical (unpaired) electrons. The van der Waals surface area contributed by atoms with Crippen molar-refractivity contribution in [3.05, 3.63) is 64.1 Å². The van der Waals surface area contributed by atoms with Crippen LogP contribution in [-0.2, 0) is 22.6 Å². The van der Waals surface area contributed by atoms with Gasteiger partial charge in [0.05, 0.1) is 6.07 Å². The zero-order chi connectivity index (χ0) is 18.1. The SMILES string of the molecule is N#CCC(=O)NCc1cccc(NC(=O)CCc2cccc(Br)c2)c1. The van der Waals surface area contributed by atoms with Crippen LogP contribution in [0.1, 0.15) is 24.0 Å². The lowest BCUT2D eigenvalue weighted by atomic mass is 10.1. The van der Waals surface area contributed by atoms with Gasteiger partial charge < -0.3 is 10.6 Å². The molecule has 0 aromatic heterocycles. The van der Waals surface area contributed by atoms with Crippen molar-refractivity contribution < 1.29 is 9.59 Å². The van der Waals surface area contributed by atoms with Gasteiger partial charge in [0.25, 0.3) is 0 Å². The lowest BCUT2D eigenvalue weighted by Crippen LogP contribution is -2.22. The average molecular weight is 400 g/mol. The number of nitriles is 1. The molecule has 128 valence electrons. The van der Waals surface area contributed by atoms with Crippen LogP contribution in [-0.4, -0.2) is 11.8 Å². The fourth-order valence-corrected chi connectivity index (χ4v) is 2.71. The van der Waals surface area contributed by atoms with Crippen LogP contribution in [0, 0.1) is 11.3 Å². The van der Waals surface area contributed by atoms with Crippen LogP contribution in [0.15, 0.2) is 53.0 Å². The molecule has 0 bridgehead atoms. The third kappa shape index (κ3) is 6.77. The molecular formula is C19H18BrN3O2. The van der Waals surface area contributed by atoms with Gasteiger partial charge in [-0.2, -0.15) is 5.26 Å². The summed E-state index contributed by atoms with van der Waals surface area (Å²) in [6, 6.07) is 17.0. The predicted molar refractivity (Wildman–Crippen MR) is 99.6 cm³/mol. The molecule has 2 aromatic rings. The lowest BCUT2D eigenvalue weighted by Gasteiger charge is -2.08. The van der Waals surface area contributed by atoms with Crippen molar-refractivity contribution >= 4 is 33.4 Å². The van der Waals surface area contributed by atoms with Crippen LogP contribution in [0.25, 0.3) is 0 Å². The third-order valence-electron chi connectivity index (χ3n) is 3.47. The molecule has 0 aliphatic rings. The number of rotatable bonds is 7. The van der Waals surface area contributed by atoms with Crippen molar-refractivity contribution in [2.24, 2.45) is 0 Å². The van der Waals surface area contributed by atoms with E-state index in [-0.39, 0.29) is 18.2 Å². The van der Waals surface area contributed by atoms with Crippen LogP contribution in [0.4, 0.5) is 5.69 Å². The summed E-state index contributed by atoms with van der Waals surface area (Å²) in [6.07, 6.45) is 0.890. The molecule has 0 spiro atoms. The molecule has 6 heteroatoms. The van der Waals surface area contributed by atoms with Gasteiger partial charge in [0.1, 0.15) is 6.42 Å². The van der Waals surface area contributed by atoms with E-state index in [1.165, 1.54) is 0 Å². The zero-order valence-electron chi connectivity index (χ0n) is 13.6. The van der Waals surface area contributed by atoms with E-state index in [2.05, 4.69) is 26.6 Å². The van der Waals surface area contributed by atoms with Crippen molar-refractivity contribution in [2.45, 2.75) is 25.8 Å². The van der Waals surface area contributed by atoms with E-state index in [4.69, 9.17) is 5.26 Å². The van der Waals surface area contributed by atoms with Gasteiger partial charge >= 0.3 is 0 Å². The van der Waals surface area contributed by atoms with E-state index in [9.17, 15) is 9.59 Å². The molecule has 2 aromatic carbocycles. The summed E-state index contributed by atoms with van der Waals surface area (Å²) in [5, 5.41) is 14.0. The topological polar surface area (TPSA) is 82.0 Å². The van der Waals surface area contributed by atoms with Gasteiger partial charge in [0.15, 0.2) is 0 Å². The fourth-order valence-electron chi connectivity index (χ4n) is 2.27. The summed E-state index contributed by atoms with van der Waals surface area (Å²) in [4.78, 5) is 23.4. The fraction of sp³-hybridized carbons (Fsp3) is 0.211. The van der Waals surface area contributed by atoms with E-state index in [1.807, 2.05) is 42.5 Å². The van der Waals surface area contributed by atoms with Gasteiger partial charge in [-0.25, -0.2) is 0 Å². The minimum Gasteiger partial charge on any atom is -0.351 e. The Hall–Kier alpha value is -2.65. The Kier molecular flexibility index (Phi) is 7.17. The molecule has 0 saturated heterocycles. The lowest BCUT2D eigenvalue weighted by molar-refractivity contribution is -0.120. The summed E-state index contributed by atoms with van der Waals surface area (Å²) >= 11 is 3.42. The molecule has 25 heavy (non-hydrogen) atoms. The van der Waals surface area contributed by atoms with E-state index in [0.29, 0.717) is 25.1 Å². The van der Waals surface area contributed by atoms with E-state index >= 15 is 0 Å². The van der Waals surface area contributed by atoms with Gasteiger partial charge in [-0.1, -0.05) is 40.2 Å². The first kappa shape index (κ1) is 18.7. The van der Waals surface area contributed by atoms with Crippen LogP contribution in [0.2, 0.25) is 0 Å². The highest BCUT2D eigenvalue weighted by Gasteiger charge is 2.05. The molecule has 0 heterocycles. The first-order valence-corrected chi connectivity index (χ1v) is 8.63. The number of amides is 2. The van der Waals surface area contributed by atoms with Crippen LogP contribution in [0.3, 0.4) is 0 Å². The first-order valence-electron chi connectivity index (χ1n) is 7.83. The number of halogens is 1. The number of aryl methyl sites for hydroxylation is 1. The third-order valence-corrected chi connectivity index (χ3v) is 3.96. The van der Waals surface area contributed by atoms with Gasteiger partial charge in [0.2, 0.25) is 11.8 Å². The number of hydrogen-bond donors (Lipinski definition) is 2. The van der Waals surface area contributed by atoms with Gasteiger partial charge in [0, 0.05) is 23.1 Å². The molecule has 2 N–H and O–H groups in total. The highest BCUT2D eigenvalue weighted by molar-refractivity contribution is 9.10. The van der Waals surface area contributed by atoms with Crippen molar-refractivity contribution in [2.75, 3.05) is 5.32 Å². The van der Waals surface area contributed by atoms with Crippen molar-refractivity contribution in [3.63, 3.8) is 0 Å². The molecule has 0 aliphatic carbocycles. The maximum atomic E-state index is 12.1. The monoisotopic (exact) mass is 399 g/mol. The Labute approximate surface area is 155 Å². The van der Waals surface area contributed by atoms with Crippen molar-refractivity contribution in [3.8, 4) is 6.07 Å². The maximum absolute atomic E-state index is 12.1. The normalized spacial score (nSPS) is 9.92. The number of carbonyl (C=O) groups is 2. The highest BCUT2D eigenvalue weighted by atomic mass is 79.9. The van der Waals surface area contributed by atoms with Crippen LogP contribution < -0.4 is 10.6 Å². The molecule has 0 unspecified atom stereocenters. The molecule has 2 rings (SSSR count). The van der Waals surface area contributed by atoms with E-state index in [1.54, 1.807) is 12.1 Å². The standard InChI is InChI=1S/C19H18BrN3O2/c20-16-5-1-3-14(11-16)7-8-19(25)23-17-6-2-4-15(12-17)13-22-18(24)9-10-21/h1-6,11-12H,7-9,13H2,(H,22,24)(H,23,25). The Morgan fingerprint density at radius 2 is 1.80 bits per heavy atom. The van der Waals surface area contributed by atoms with Crippen LogP contribution in [0.5, 0.6) is 0 Å². The minimum atomic E-state index is -0.314. The Morgan fingerprint density at radius 1 is 1.04 bits per heavy atom. The van der Waals surface area contributed by atoms with Gasteiger partial charge in [-0.05, 0) is 41.8 Å². The van der Waals surface area contributed by atoms with E-state index in [0.717, 1.165) is 15.6 Å². The molecule has 0 aliphatic heterocycles. The number of hydrogen-bond acceptors (Lipinski definition) is 3. The quantitative estimate of drug-likeness (QED) is 0.746. The maximum Gasteiger partial charge on any atom is 0.234 e. The summed E-state index contributed by atoms with van der Waals surface area (Å²) in [7, 11) is 0. The van der Waals surface area contributed by atoms with Gasteiger partial charge in [-0.15, -0.1) is 0 Å². The zero-order valence-corrected chi connectivity index (χ0v) is 15.2. The number of carbonyl (C=O) groups excluding carboxylic acids is 2. The second-order valence-corrected chi connectivity index (χ2v) is 6.41. The summed E-state index contributed by atoms with van der Waals surface area (Å²) in [6.45, 7) is 0.322. The summed E-state index contributed by atoms with van der Waals surface area (Å²) in [5.74, 6) is -0.378. The average Bonchev–Trinajstić information content (AvgIpc) is 2.59. The largest absolute Gasteiger partial charge is 0.351 e. The van der Waals surface area contributed by atoms with E-state index < -0.39 is 0 Å². The molecule has 0 atom stereocenters. The van der Waals surface area contributed by atoms with Gasteiger partial charge in [-0.3, -0.25) is 9.59 Å². The summed E-state index contributed by atoms with van der Waals surface area (Å²) < 4.78 is 0.997. The Bertz CT molecular complexity index is 799. The predicted octanol–water partition coefficient (Wildman–Crippen LogP) is 3.55. The molecule has 2 amide bonds. The van der Waals surface area contributed by atoms with Crippen molar-refractivity contribution in [1.29, 1.82) is 5.26 Å². The smallest absolute Gasteiger partial charge is 0.234 e. The number of benzene rings is 2. The molecule has 5 nitrogen and oxygen atoms in total. The Balaban J connectivity index is 1.85. The number of nitrogens with zero attached hydrogens (tertiary/aromatic N) is 1. The van der Waals surface area contributed by atoms with Crippen molar-refractivity contribution in [1.82, 2.24) is 5.32 Å². The minimum absolute atomic E-state index is 0.0642. The second-order valence-electron chi connectivity index (χ2n) is 5.49. The number of anilines is 1. The Morgan fingerprint density at radius 3 is 2.56 bits per heavy atom. The molecular weight excluding hydrogens is 382 g/mol. The second kappa shape index (κ2) is 9.60. The number of nitrogens with one attached hydrogen (secondary N) is 2. The molecule has 0 fully saturated rings. The summed E-state index contributed by atoms with van der Waals surface area (Å²) in [5.41, 5.74) is 2.64. The molecule has 0 saturated carbocycles. The highest BCUT2D eigenvalue weighted by Crippen LogP contribution is 2.14.